The van der Waals surface area contributed by atoms with Crippen LogP contribution >= 0.6 is 0 Å². The van der Waals surface area contributed by atoms with Crippen LogP contribution < -0.4 is 5.32 Å². The van der Waals surface area contributed by atoms with Crippen LogP contribution in [0, 0.1) is 17.6 Å². The van der Waals surface area contributed by atoms with E-state index in [1.165, 1.54) is 24.3 Å². The molecule has 3 saturated heterocycles. The number of carbonyl (C=O) groups is 1. The molecule has 2 aromatic rings. The van der Waals surface area contributed by atoms with E-state index in [9.17, 15) is 13.6 Å². The van der Waals surface area contributed by atoms with Gasteiger partial charge in [0.15, 0.2) is 6.10 Å². The van der Waals surface area contributed by atoms with Gasteiger partial charge in [-0.15, -0.1) is 0 Å². The molecule has 1 atom stereocenters. The van der Waals surface area contributed by atoms with Crippen LogP contribution in [0.3, 0.4) is 0 Å². The summed E-state index contributed by atoms with van der Waals surface area (Å²) in [7, 11) is 0. The van der Waals surface area contributed by atoms with Crippen molar-refractivity contribution < 1.29 is 18.3 Å². The maximum absolute atomic E-state index is 13.7. The van der Waals surface area contributed by atoms with Gasteiger partial charge in [-0.25, -0.2) is 13.6 Å². The first-order valence-corrected chi connectivity index (χ1v) is 9.29. The van der Waals surface area contributed by atoms with E-state index in [4.69, 9.17) is 4.74 Å². The summed E-state index contributed by atoms with van der Waals surface area (Å²) in [5.41, 5.74) is 0.925. The molecule has 1 N–H and O–H groups in total. The van der Waals surface area contributed by atoms with Crippen LogP contribution in [0.1, 0.15) is 30.1 Å². The van der Waals surface area contributed by atoms with Crippen molar-refractivity contribution in [3.63, 3.8) is 0 Å². The fourth-order valence-electron chi connectivity index (χ4n) is 4.09. The highest BCUT2D eigenvalue weighted by Crippen LogP contribution is 2.30. The molecule has 0 aromatic heterocycles. The molecule has 142 valence electrons. The summed E-state index contributed by atoms with van der Waals surface area (Å²) < 4.78 is 33.0. The first-order valence-electron chi connectivity index (χ1n) is 9.29. The highest BCUT2D eigenvalue weighted by molar-refractivity contribution is 5.68. The highest BCUT2D eigenvalue weighted by atomic mass is 19.1. The Morgan fingerprint density at radius 2 is 1.63 bits per heavy atom. The van der Waals surface area contributed by atoms with Crippen LogP contribution in [0.2, 0.25) is 0 Å². The summed E-state index contributed by atoms with van der Waals surface area (Å²) in [6.45, 7) is 2.98. The second-order valence-corrected chi connectivity index (χ2v) is 7.28. The van der Waals surface area contributed by atoms with Gasteiger partial charge in [0, 0.05) is 12.6 Å². The Hall–Kier alpha value is -2.47. The molecule has 0 aliphatic carbocycles. The van der Waals surface area contributed by atoms with Gasteiger partial charge in [0.2, 0.25) is 0 Å². The SMILES string of the molecule is O=C(NC1CN2CCC1CC2)OC(c1cccc(F)c1)c1cccc(F)c1. The van der Waals surface area contributed by atoms with Gasteiger partial charge in [-0.05, 0) is 67.2 Å². The Morgan fingerprint density at radius 1 is 1.04 bits per heavy atom. The molecule has 1 unspecified atom stereocenters. The zero-order valence-electron chi connectivity index (χ0n) is 14.9. The molecule has 0 spiro atoms. The fourth-order valence-corrected chi connectivity index (χ4v) is 4.09. The monoisotopic (exact) mass is 372 g/mol. The quantitative estimate of drug-likeness (QED) is 0.886. The second-order valence-electron chi connectivity index (χ2n) is 7.28. The van der Waals surface area contributed by atoms with Crippen molar-refractivity contribution in [2.75, 3.05) is 19.6 Å². The van der Waals surface area contributed by atoms with E-state index < -0.39 is 23.8 Å². The Bertz CT molecular complexity index is 776. The summed E-state index contributed by atoms with van der Waals surface area (Å²) in [5.74, 6) is -0.407. The number of fused-ring (bicyclic) bond motifs is 3. The molecule has 3 aliphatic heterocycles. The number of piperidine rings is 3. The van der Waals surface area contributed by atoms with Gasteiger partial charge in [-0.3, -0.25) is 0 Å². The van der Waals surface area contributed by atoms with Gasteiger partial charge < -0.3 is 15.0 Å². The number of ether oxygens (including phenoxy) is 1. The lowest BCUT2D eigenvalue weighted by molar-refractivity contribution is 0.0592. The molecule has 4 nitrogen and oxygen atoms in total. The number of hydrogen-bond acceptors (Lipinski definition) is 3. The number of rotatable bonds is 4. The van der Waals surface area contributed by atoms with E-state index >= 15 is 0 Å². The number of amides is 1. The van der Waals surface area contributed by atoms with Gasteiger partial charge >= 0.3 is 6.09 Å². The van der Waals surface area contributed by atoms with Crippen molar-refractivity contribution in [1.29, 1.82) is 0 Å². The average molecular weight is 372 g/mol. The van der Waals surface area contributed by atoms with Crippen LogP contribution in [-0.2, 0) is 4.74 Å². The zero-order chi connectivity index (χ0) is 18.8. The molecule has 6 heteroatoms. The smallest absolute Gasteiger partial charge is 0.408 e. The molecule has 3 heterocycles. The molecule has 3 fully saturated rings. The minimum absolute atomic E-state index is 0.0562. The first kappa shape index (κ1) is 17.9. The number of halogens is 2. The minimum atomic E-state index is -0.877. The molecule has 27 heavy (non-hydrogen) atoms. The number of benzene rings is 2. The van der Waals surface area contributed by atoms with E-state index in [1.54, 1.807) is 24.3 Å². The molecule has 1 amide bonds. The summed E-state index contributed by atoms with van der Waals surface area (Å²) in [6.07, 6.45) is 0.703. The first-order chi connectivity index (χ1) is 13.1. The van der Waals surface area contributed by atoms with E-state index in [1.807, 2.05) is 0 Å². The molecular weight excluding hydrogens is 350 g/mol. The maximum Gasteiger partial charge on any atom is 0.408 e. The molecule has 3 aliphatic rings. The number of nitrogens with zero attached hydrogens (tertiary/aromatic N) is 1. The van der Waals surface area contributed by atoms with Crippen molar-refractivity contribution in [3.05, 3.63) is 71.3 Å². The van der Waals surface area contributed by atoms with Crippen LogP contribution in [-0.4, -0.2) is 36.7 Å². The van der Waals surface area contributed by atoms with Gasteiger partial charge in [0.25, 0.3) is 0 Å². The summed E-state index contributed by atoms with van der Waals surface area (Å²) >= 11 is 0. The van der Waals surface area contributed by atoms with Crippen LogP contribution in [0.5, 0.6) is 0 Å². The number of alkyl carbamates (subject to hydrolysis) is 1. The summed E-state index contributed by atoms with van der Waals surface area (Å²) in [4.78, 5) is 14.9. The number of nitrogens with one attached hydrogen (secondary N) is 1. The Kier molecular flexibility index (Phi) is 5.07. The predicted molar refractivity (Wildman–Crippen MR) is 97.2 cm³/mol. The average Bonchev–Trinajstić information content (AvgIpc) is 2.67. The third-order valence-electron chi connectivity index (χ3n) is 5.49. The van der Waals surface area contributed by atoms with E-state index in [0.717, 1.165) is 32.5 Å². The van der Waals surface area contributed by atoms with Crippen molar-refractivity contribution in [1.82, 2.24) is 10.2 Å². The Morgan fingerprint density at radius 3 is 2.11 bits per heavy atom. The predicted octanol–water partition coefficient (Wildman–Crippen LogP) is 3.87. The number of carbonyl (C=O) groups excluding carboxylic acids is 1. The van der Waals surface area contributed by atoms with Crippen molar-refractivity contribution >= 4 is 6.09 Å². The third-order valence-corrected chi connectivity index (χ3v) is 5.49. The van der Waals surface area contributed by atoms with Gasteiger partial charge in [0.05, 0.1) is 0 Å². The van der Waals surface area contributed by atoms with E-state index in [-0.39, 0.29) is 6.04 Å². The normalized spacial score (nSPS) is 24.0. The summed E-state index contributed by atoms with van der Waals surface area (Å²) in [6, 6.07) is 11.7. The second kappa shape index (κ2) is 7.64. The van der Waals surface area contributed by atoms with Crippen LogP contribution in [0.15, 0.2) is 48.5 Å². The Labute approximate surface area is 157 Å². The highest BCUT2D eigenvalue weighted by Gasteiger charge is 2.35. The molecule has 0 radical (unpaired) electrons. The van der Waals surface area contributed by atoms with Crippen molar-refractivity contribution in [3.8, 4) is 0 Å². The number of hydrogen-bond donors (Lipinski definition) is 1. The molecule has 2 aromatic carbocycles. The fraction of sp³-hybridized carbons (Fsp3) is 0.381. The topological polar surface area (TPSA) is 41.6 Å². The minimum Gasteiger partial charge on any atom is -0.436 e. The van der Waals surface area contributed by atoms with E-state index in [0.29, 0.717) is 17.0 Å². The lowest BCUT2D eigenvalue weighted by Crippen LogP contribution is -2.57. The van der Waals surface area contributed by atoms with E-state index in [2.05, 4.69) is 10.2 Å². The summed E-state index contributed by atoms with van der Waals surface area (Å²) in [5, 5.41) is 2.96. The molecule has 0 saturated carbocycles. The molecule has 2 bridgehead atoms. The zero-order valence-corrected chi connectivity index (χ0v) is 14.9. The maximum atomic E-state index is 13.7. The van der Waals surface area contributed by atoms with Gasteiger partial charge in [-0.1, -0.05) is 24.3 Å². The van der Waals surface area contributed by atoms with Crippen LogP contribution in [0.4, 0.5) is 13.6 Å². The lowest BCUT2D eigenvalue weighted by atomic mass is 9.84. The van der Waals surface area contributed by atoms with Crippen LogP contribution in [0.25, 0.3) is 0 Å². The van der Waals surface area contributed by atoms with Gasteiger partial charge in [-0.2, -0.15) is 0 Å². The third kappa shape index (κ3) is 4.11. The van der Waals surface area contributed by atoms with Crippen molar-refractivity contribution in [2.45, 2.75) is 25.0 Å². The molecule has 5 rings (SSSR count). The Balaban J connectivity index is 1.53. The standard InChI is InChI=1S/C21H22F2N2O2/c22-17-5-1-3-15(11-17)20(16-4-2-6-18(23)12-16)27-21(26)24-19-13-25-9-7-14(19)8-10-25/h1-6,11-12,14,19-20H,7-10,13H2,(H,24,26). The molecular formula is C21H22F2N2O2. The lowest BCUT2D eigenvalue weighted by Gasteiger charge is -2.44. The van der Waals surface area contributed by atoms with Gasteiger partial charge in [0.1, 0.15) is 11.6 Å². The van der Waals surface area contributed by atoms with Crippen molar-refractivity contribution in [2.24, 2.45) is 5.92 Å². The largest absolute Gasteiger partial charge is 0.436 e.